The van der Waals surface area contributed by atoms with Crippen molar-refractivity contribution in [3.8, 4) is 0 Å². The predicted octanol–water partition coefficient (Wildman–Crippen LogP) is 1.93. The number of allylic oxidation sites excluding steroid dienone is 2. The Morgan fingerprint density at radius 3 is 2.73 bits per heavy atom. The Morgan fingerprint density at radius 1 is 1.60 bits per heavy atom. The van der Waals surface area contributed by atoms with Gasteiger partial charge in [-0.05, 0) is 12.8 Å². The molecule has 0 saturated carbocycles. The van der Waals surface area contributed by atoms with Crippen molar-refractivity contribution in [3.05, 3.63) is 23.3 Å². The second-order valence-corrected chi connectivity index (χ2v) is 3.59. The van der Waals surface area contributed by atoms with Crippen molar-refractivity contribution in [2.75, 3.05) is 13.1 Å². The third-order valence-electron chi connectivity index (χ3n) is 1.95. The van der Waals surface area contributed by atoms with Crippen molar-refractivity contribution in [3.63, 3.8) is 0 Å². The third kappa shape index (κ3) is 5.60. The van der Waals surface area contributed by atoms with Crippen LogP contribution < -0.4 is 11.1 Å². The summed E-state index contributed by atoms with van der Waals surface area (Å²) in [6.07, 6.45) is 4.14. The lowest BCUT2D eigenvalue weighted by Crippen LogP contribution is -2.30. The summed E-state index contributed by atoms with van der Waals surface area (Å²) in [5.41, 5.74) is 5.90. The molecule has 1 amide bonds. The van der Waals surface area contributed by atoms with Crippen LogP contribution in [0.15, 0.2) is 23.3 Å². The number of hydrogen-bond acceptors (Lipinski definition) is 2. The van der Waals surface area contributed by atoms with Crippen LogP contribution in [0.2, 0.25) is 0 Å². The summed E-state index contributed by atoms with van der Waals surface area (Å²) in [7, 11) is 0. The number of nitrogens with one attached hydrogen (secondary N) is 1. The van der Waals surface area contributed by atoms with E-state index in [9.17, 15) is 4.79 Å². The first-order valence-corrected chi connectivity index (χ1v) is 5.54. The Bertz CT molecular complexity index is 249. The molecule has 0 heterocycles. The maximum atomic E-state index is 11.7. The maximum absolute atomic E-state index is 11.7. The van der Waals surface area contributed by atoms with E-state index in [1.54, 1.807) is 0 Å². The van der Waals surface area contributed by atoms with Gasteiger partial charge in [-0.2, -0.15) is 0 Å². The molecule has 0 fully saturated rings. The maximum Gasteiger partial charge on any atom is 0.248 e. The van der Waals surface area contributed by atoms with Crippen molar-refractivity contribution >= 4 is 17.5 Å². The quantitative estimate of drug-likeness (QED) is 0.519. The summed E-state index contributed by atoms with van der Waals surface area (Å²) in [4.78, 5) is 11.7. The summed E-state index contributed by atoms with van der Waals surface area (Å²) in [5, 5.41) is 3.13. The molecule has 3 N–H and O–H groups in total. The summed E-state index contributed by atoms with van der Waals surface area (Å²) in [5.74, 6) is -0.140. The fourth-order valence-corrected chi connectivity index (χ4v) is 1.29. The zero-order valence-corrected chi connectivity index (χ0v) is 9.94. The predicted molar refractivity (Wildman–Crippen MR) is 64.7 cm³/mol. The fourth-order valence-electron chi connectivity index (χ4n) is 1.11. The second-order valence-electron chi connectivity index (χ2n) is 3.18. The Hall–Kier alpha value is -0.800. The van der Waals surface area contributed by atoms with E-state index in [0.29, 0.717) is 30.1 Å². The van der Waals surface area contributed by atoms with Crippen LogP contribution in [-0.2, 0) is 4.79 Å². The molecule has 0 aromatic heterocycles. The van der Waals surface area contributed by atoms with E-state index in [-0.39, 0.29) is 5.91 Å². The molecule has 0 aromatic carbocycles. The van der Waals surface area contributed by atoms with Gasteiger partial charge in [-0.1, -0.05) is 37.6 Å². The van der Waals surface area contributed by atoms with Gasteiger partial charge in [0.25, 0.3) is 0 Å². The zero-order chi connectivity index (χ0) is 11.7. The molecule has 3 nitrogen and oxygen atoms in total. The smallest absolute Gasteiger partial charge is 0.248 e. The molecule has 4 heteroatoms. The number of carbonyl (C=O) groups excluding carboxylic acids is 1. The molecule has 0 aromatic rings. The van der Waals surface area contributed by atoms with E-state index in [1.807, 2.05) is 0 Å². The lowest BCUT2D eigenvalue weighted by atomic mass is 10.1. The van der Waals surface area contributed by atoms with Gasteiger partial charge in [-0.25, -0.2) is 0 Å². The molecular formula is C11H19ClN2O. The second kappa shape index (κ2) is 8.50. The molecule has 0 aliphatic carbocycles. The summed E-state index contributed by atoms with van der Waals surface area (Å²) >= 11 is 5.91. The van der Waals surface area contributed by atoms with Crippen LogP contribution in [0.1, 0.15) is 26.2 Å². The average Bonchev–Trinajstić information content (AvgIpc) is 2.26. The first-order chi connectivity index (χ1) is 7.17. The summed E-state index contributed by atoms with van der Waals surface area (Å²) < 4.78 is 0. The molecule has 0 aliphatic rings. The third-order valence-corrected chi connectivity index (χ3v) is 2.33. The Morgan fingerprint density at radius 2 is 2.27 bits per heavy atom. The highest BCUT2D eigenvalue weighted by Crippen LogP contribution is 2.17. The number of hydrogen-bond donors (Lipinski definition) is 2. The van der Waals surface area contributed by atoms with Gasteiger partial charge in [-0.3, -0.25) is 4.79 Å². The number of halogens is 1. The molecular weight excluding hydrogens is 212 g/mol. The average molecular weight is 231 g/mol. The number of amides is 1. The highest BCUT2D eigenvalue weighted by molar-refractivity contribution is 6.33. The van der Waals surface area contributed by atoms with Crippen LogP contribution in [0.4, 0.5) is 0 Å². The van der Waals surface area contributed by atoms with Gasteiger partial charge >= 0.3 is 0 Å². The standard InChI is InChI=1S/C11H19ClN2O/c1-3-5-6-9(10(12)4-2)11(15)14-8-7-13/h4H,2-3,5-8,13H2,1H3,(H,14,15)/b10-9-. The first-order valence-electron chi connectivity index (χ1n) is 5.16. The van der Waals surface area contributed by atoms with E-state index in [0.717, 1.165) is 12.8 Å². The van der Waals surface area contributed by atoms with Gasteiger partial charge in [0.05, 0.1) is 0 Å². The van der Waals surface area contributed by atoms with E-state index in [2.05, 4.69) is 18.8 Å². The molecule has 15 heavy (non-hydrogen) atoms. The van der Waals surface area contributed by atoms with Crippen LogP contribution in [-0.4, -0.2) is 19.0 Å². The summed E-state index contributed by atoms with van der Waals surface area (Å²) in [6, 6.07) is 0. The molecule has 0 spiro atoms. The number of carbonyl (C=O) groups is 1. The molecule has 0 bridgehead atoms. The minimum Gasteiger partial charge on any atom is -0.351 e. The van der Waals surface area contributed by atoms with Crippen molar-refractivity contribution in [2.45, 2.75) is 26.2 Å². The first kappa shape index (κ1) is 14.2. The van der Waals surface area contributed by atoms with Crippen molar-refractivity contribution < 1.29 is 4.79 Å². The number of unbranched alkanes of at least 4 members (excludes halogenated alkanes) is 1. The molecule has 0 aliphatic heterocycles. The molecule has 0 radical (unpaired) electrons. The van der Waals surface area contributed by atoms with E-state index >= 15 is 0 Å². The Labute approximate surface area is 96.4 Å². The molecule has 86 valence electrons. The van der Waals surface area contributed by atoms with Gasteiger partial charge in [0.2, 0.25) is 5.91 Å². The fraction of sp³-hybridized carbons (Fsp3) is 0.545. The minimum atomic E-state index is -0.140. The van der Waals surface area contributed by atoms with Gasteiger partial charge in [0.15, 0.2) is 0 Å². The van der Waals surface area contributed by atoms with Crippen LogP contribution >= 0.6 is 11.6 Å². The van der Waals surface area contributed by atoms with E-state index < -0.39 is 0 Å². The van der Waals surface area contributed by atoms with Crippen LogP contribution in [0.5, 0.6) is 0 Å². The molecule has 0 rings (SSSR count). The van der Waals surface area contributed by atoms with E-state index in [1.165, 1.54) is 6.08 Å². The number of rotatable bonds is 7. The monoisotopic (exact) mass is 230 g/mol. The zero-order valence-electron chi connectivity index (χ0n) is 9.18. The van der Waals surface area contributed by atoms with Crippen LogP contribution in [0, 0.1) is 0 Å². The molecule has 0 atom stereocenters. The highest BCUT2D eigenvalue weighted by Gasteiger charge is 2.11. The normalized spacial score (nSPS) is 11.9. The van der Waals surface area contributed by atoms with Crippen LogP contribution in [0.3, 0.4) is 0 Å². The summed E-state index contributed by atoms with van der Waals surface area (Å²) in [6.45, 7) is 6.52. The lowest BCUT2D eigenvalue weighted by Gasteiger charge is -2.08. The van der Waals surface area contributed by atoms with Gasteiger partial charge < -0.3 is 11.1 Å². The topological polar surface area (TPSA) is 55.1 Å². The van der Waals surface area contributed by atoms with Crippen molar-refractivity contribution in [1.29, 1.82) is 0 Å². The van der Waals surface area contributed by atoms with Gasteiger partial charge in [0.1, 0.15) is 0 Å². The Balaban J connectivity index is 4.48. The van der Waals surface area contributed by atoms with Crippen molar-refractivity contribution in [2.24, 2.45) is 5.73 Å². The lowest BCUT2D eigenvalue weighted by molar-refractivity contribution is -0.117. The SMILES string of the molecule is C=C/C(Cl)=C(\CCCC)C(=O)NCCN. The molecule has 0 saturated heterocycles. The minimum absolute atomic E-state index is 0.140. The largest absolute Gasteiger partial charge is 0.351 e. The van der Waals surface area contributed by atoms with Crippen LogP contribution in [0.25, 0.3) is 0 Å². The van der Waals surface area contributed by atoms with E-state index in [4.69, 9.17) is 17.3 Å². The Kier molecular flexibility index (Phi) is 8.05. The number of nitrogens with two attached hydrogens (primary N) is 1. The van der Waals surface area contributed by atoms with Crippen molar-refractivity contribution in [1.82, 2.24) is 5.32 Å². The highest BCUT2D eigenvalue weighted by atomic mass is 35.5. The van der Waals surface area contributed by atoms with Gasteiger partial charge in [0, 0.05) is 23.7 Å². The molecule has 0 unspecified atom stereocenters. The van der Waals surface area contributed by atoms with Gasteiger partial charge in [-0.15, -0.1) is 0 Å².